The van der Waals surface area contributed by atoms with Crippen LogP contribution in [0.25, 0.3) is 10.2 Å². The lowest BCUT2D eigenvalue weighted by Gasteiger charge is -2.12. The number of halogens is 2. The van der Waals surface area contributed by atoms with Crippen LogP contribution < -0.4 is 10.9 Å². The Labute approximate surface area is 174 Å². The van der Waals surface area contributed by atoms with E-state index in [1.165, 1.54) is 23.1 Å². The molecule has 2 heterocycles. The second kappa shape index (κ2) is 8.22. The van der Waals surface area contributed by atoms with Gasteiger partial charge in [-0.15, -0.1) is 23.1 Å². The van der Waals surface area contributed by atoms with Crippen LogP contribution in [0.1, 0.15) is 23.2 Å². The van der Waals surface area contributed by atoms with Crippen molar-refractivity contribution in [2.45, 2.75) is 31.8 Å². The number of amides is 1. The molecule has 1 aromatic carbocycles. The smallest absolute Gasteiger partial charge is 0.259 e. The predicted molar refractivity (Wildman–Crippen MR) is 116 cm³/mol. The third-order valence-corrected chi connectivity index (χ3v) is 6.75. The number of fused-ring (bicyclic) bond motifs is 1. The summed E-state index contributed by atoms with van der Waals surface area (Å²) in [5.74, 6) is 0.806. The van der Waals surface area contributed by atoms with E-state index in [1.807, 2.05) is 13.8 Å². The molecule has 3 aromatic rings. The Hall–Kier alpha value is -1.54. The standard InChI is InChI=1S/C18H17Cl2N3O2S2/c1-8-9(2)27-18-15(8)17(25)22-14(23-18)7-26-10(3)16(24)21-13-5-11(19)4-12(20)6-13/h4-6,10H,7H2,1-3H3,(H,21,24)(H,22,23,25). The molecule has 142 valence electrons. The minimum atomic E-state index is -0.351. The molecule has 1 amide bonds. The van der Waals surface area contributed by atoms with Crippen molar-refractivity contribution in [2.75, 3.05) is 5.32 Å². The molecule has 0 fully saturated rings. The number of aromatic nitrogens is 2. The highest BCUT2D eigenvalue weighted by atomic mass is 35.5. The minimum absolute atomic E-state index is 0.136. The van der Waals surface area contributed by atoms with E-state index < -0.39 is 0 Å². The summed E-state index contributed by atoms with van der Waals surface area (Å²) in [4.78, 5) is 33.9. The number of hydrogen-bond acceptors (Lipinski definition) is 5. The second-order valence-electron chi connectivity index (χ2n) is 6.08. The summed E-state index contributed by atoms with van der Waals surface area (Å²) < 4.78 is 0. The van der Waals surface area contributed by atoms with Crippen LogP contribution in [0.3, 0.4) is 0 Å². The Kier molecular flexibility index (Phi) is 6.15. The van der Waals surface area contributed by atoms with Crippen molar-refractivity contribution >= 4 is 68.1 Å². The number of thioether (sulfide) groups is 1. The number of aromatic amines is 1. The second-order valence-corrected chi connectivity index (χ2v) is 9.48. The first kappa shape index (κ1) is 20.2. The summed E-state index contributed by atoms with van der Waals surface area (Å²) >= 11 is 14.8. The average molecular weight is 442 g/mol. The lowest BCUT2D eigenvalue weighted by molar-refractivity contribution is -0.115. The van der Waals surface area contributed by atoms with E-state index in [4.69, 9.17) is 23.2 Å². The fourth-order valence-corrected chi connectivity index (χ4v) is 4.85. The van der Waals surface area contributed by atoms with Crippen molar-refractivity contribution in [1.29, 1.82) is 0 Å². The van der Waals surface area contributed by atoms with Crippen LogP contribution in [0.2, 0.25) is 10.0 Å². The zero-order chi connectivity index (χ0) is 19.7. The van der Waals surface area contributed by atoms with Crippen molar-refractivity contribution in [2.24, 2.45) is 0 Å². The Morgan fingerprint density at radius 2 is 1.96 bits per heavy atom. The summed E-state index contributed by atoms with van der Waals surface area (Å²) in [6, 6.07) is 4.87. The largest absolute Gasteiger partial charge is 0.325 e. The highest BCUT2D eigenvalue weighted by molar-refractivity contribution is 7.99. The van der Waals surface area contributed by atoms with E-state index in [1.54, 1.807) is 25.1 Å². The fourth-order valence-electron chi connectivity index (χ4n) is 2.52. The molecule has 0 spiro atoms. The third-order valence-electron chi connectivity index (χ3n) is 4.06. The number of thiophene rings is 1. The Bertz CT molecular complexity index is 1060. The minimum Gasteiger partial charge on any atom is -0.325 e. The van der Waals surface area contributed by atoms with E-state index in [0.717, 1.165) is 15.3 Å². The highest BCUT2D eigenvalue weighted by Crippen LogP contribution is 2.27. The molecule has 1 atom stereocenters. The maximum Gasteiger partial charge on any atom is 0.259 e. The van der Waals surface area contributed by atoms with Crippen LogP contribution in [-0.2, 0) is 10.5 Å². The Morgan fingerprint density at radius 1 is 1.30 bits per heavy atom. The summed E-state index contributed by atoms with van der Waals surface area (Å²) in [6.45, 7) is 5.69. The van der Waals surface area contributed by atoms with Gasteiger partial charge in [-0.1, -0.05) is 23.2 Å². The fraction of sp³-hybridized carbons (Fsp3) is 0.278. The first-order valence-electron chi connectivity index (χ1n) is 8.12. The van der Waals surface area contributed by atoms with Gasteiger partial charge in [-0.2, -0.15) is 0 Å². The van der Waals surface area contributed by atoms with Gasteiger partial charge in [-0.05, 0) is 44.5 Å². The number of rotatable bonds is 5. The number of H-pyrrole nitrogens is 1. The van der Waals surface area contributed by atoms with Gasteiger partial charge in [0.1, 0.15) is 10.7 Å². The van der Waals surface area contributed by atoms with Crippen molar-refractivity contribution in [3.05, 3.63) is 54.9 Å². The van der Waals surface area contributed by atoms with Crippen molar-refractivity contribution in [3.63, 3.8) is 0 Å². The Morgan fingerprint density at radius 3 is 2.63 bits per heavy atom. The number of anilines is 1. The van der Waals surface area contributed by atoms with Crippen LogP contribution in [0.15, 0.2) is 23.0 Å². The average Bonchev–Trinajstić information content (AvgIpc) is 2.86. The molecule has 0 aliphatic carbocycles. The van der Waals surface area contributed by atoms with Gasteiger partial charge < -0.3 is 10.3 Å². The lowest BCUT2D eigenvalue weighted by atomic mass is 10.2. The topological polar surface area (TPSA) is 74.8 Å². The highest BCUT2D eigenvalue weighted by Gasteiger charge is 2.16. The van der Waals surface area contributed by atoms with Gasteiger partial charge in [-0.25, -0.2) is 4.98 Å². The summed E-state index contributed by atoms with van der Waals surface area (Å²) in [6.07, 6.45) is 0. The normalized spacial score (nSPS) is 12.3. The van der Waals surface area contributed by atoms with Gasteiger partial charge in [0.25, 0.3) is 5.56 Å². The summed E-state index contributed by atoms with van der Waals surface area (Å²) in [7, 11) is 0. The molecular weight excluding hydrogens is 425 g/mol. The van der Waals surface area contributed by atoms with E-state index in [9.17, 15) is 9.59 Å². The van der Waals surface area contributed by atoms with Crippen LogP contribution in [0.5, 0.6) is 0 Å². The quantitative estimate of drug-likeness (QED) is 0.572. The van der Waals surface area contributed by atoms with Crippen LogP contribution in [0, 0.1) is 13.8 Å². The van der Waals surface area contributed by atoms with Gasteiger partial charge in [0.2, 0.25) is 5.91 Å². The number of carbonyl (C=O) groups excluding carboxylic acids is 1. The molecule has 3 rings (SSSR count). The van der Waals surface area contributed by atoms with Crippen molar-refractivity contribution < 1.29 is 4.79 Å². The molecular formula is C18H17Cl2N3O2S2. The van der Waals surface area contributed by atoms with E-state index in [-0.39, 0.29) is 16.7 Å². The van der Waals surface area contributed by atoms with Gasteiger partial charge in [-0.3, -0.25) is 9.59 Å². The Balaban J connectivity index is 1.68. The number of nitrogens with one attached hydrogen (secondary N) is 2. The van der Waals surface area contributed by atoms with E-state index in [2.05, 4.69) is 15.3 Å². The van der Waals surface area contributed by atoms with Gasteiger partial charge in [0, 0.05) is 20.6 Å². The summed E-state index contributed by atoms with van der Waals surface area (Å²) in [5, 5.41) is 4.00. The number of benzene rings is 1. The number of nitrogens with zero attached hydrogens (tertiary/aromatic N) is 1. The molecule has 2 aromatic heterocycles. The number of hydrogen-bond donors (Lipinski definition) is 2. The third kappa shape index (κ3) is 4.66. The molecule has 0 radical (unpaired) electrons. The van der Waals surface area contributed by atoms with Gasteiger partial charge in [0.05, 0.1) is 16.4 Å². The molecule has 9 heteroatoms. The van der Waals surface area contributed by atoms with Crippen LogP contribution in [0.4, 0.5) is 5.69 Å². The molecule has 0 bridgehead atoms. The van der Waals surface area contributed by atoms with Crippen molar-refractivity contribution in [1.82, 2.24) is 9.97 Å². The molecule has 0 saturated carbocycles. The lowest BCUT2D eigenvalue weighted by Crippen LogP contribution is -2.23. The first-order valence-corrected chi connectivity index (χ1v) is 10.7. The first-order chi connectivity index (χ1) is 12.7. The van der Waals surface area contributed by atoms with Crippen molar-refractivity contribution in [3.8, 4) is 0 Å². The predicted octanol–water partition coefficient (Wildman–Crippen LogP) is 5.17. The molecule has 27 heavy (non-hydrogen) atoms. The molecule has 2 N–H and O–H groups in total. The van der Waals surface area contributed by atoms with Gasteiger partial charge in [0.15, 0.2) is 0 Å². The summed E-state index contributed by atoms with van der Waals surface area (Å²) in [5.41, 5.74) is 1.38. The molecule has 0 aliphatic rings. The van der Waals surface area contributed by atoms with Gasteiger partial charge >= 0.3 is 0 Å². The van der Waals surface area contributed by atoms with E-state index >= 15 is 0 Å². The SMILES string of the molecule is Cc1sc2nc(CSC(C)C(=O)Nc3cc(Cl)cc(Cl)c3)[nH]c(=O)c2c1C. The number of aryl methyl sites for hydroxylation is 2. The van der Waals surface area contributed by atoms with E-state index in [0.29, 0.717) is 32.7 Å². The molecule has 1 unspecified atom stereocenters. The monoisotopic (exact) mass is 441 g/mol. The zero-order valence-electron chi connectivity index (χ0n) is 14.9. The maximum atomic E-state index is 12.4. The molecule has 5 nitrogen and oxygen atoms in total. The number of carbonyl (C=O) groups is 1. The van der Waals surface area contributed by atoms with Crippen LogP contribution in [-0.4, -0.2) is 21.1 Å². The maximum absolute atomic E-state index is 12.4. The molecule has 0 aliphatic heterocycles. The van der Waals surface area contributed by atoms with Crippen LogP contribution >= 0.6 is 46.3 Å². The zero-order valence-corrected chi connectivity index (χ0v) is 18.0. The molecule has 0 saturated heterocycles.